The lowest BCUT2D eigenvalue weighted by molar-refractivity contribution is -0.284. The van der Waals surface area contributed by atoms with Crippen LogP contribution in [0.5, 0.6) is 0 Å². The monoisotopic (exact) mass is 1630 g/mol. The van der Waals surface area contributed by atoms with E-state index in [2.05, 4.69) is 62.1 Å². The largest absolute Gasteiger partial charge is 0.394 e. The average molecular weight is 1630 g/mol. The van der Waals surface area contributed by atoms with E-state index in [0.717, 1.165) is 0 Å². The van der Waals surface area contributed by atoms with Crippen LogP contribution in [-0.2, 0) is 128 Å². The summed E-state index contributed by atoms with van der Waals surface area (Å²) in [5, 5.41) is 166. The van der Waals surface area contributed by atoms with Gasteiger partial charge in [-0.2, -0.15) is 0 Å². The number of amides is 3. The first-order chi connectivity index (χ1) is 54.6. The van der Waals surface area contributed by atoms with Crippen LogP contribution < -0.4 is 16.0 Å². The Bertz CT molecular complexity index is 3360. The van der Waals surface area contributed by atoms with Crippen molar-refractivity contribution in [1.29, 1.82) is 0 Å². The number of nitrogens with one attached hydrogen (secondary N) is 3. The summed E-state index contributed by atoms with van der Waals surface area (Å²) >= 11 is 0. The molecule has 0 spiro atoms. The Morgan fingerprint density at radius 1 is 0.430 bits per heavy atom. The second kappa shape index (κ2) is 46.7. The van der Waals surface area contributed by atoms with Crippen molar-refractivity contribution in [3.05, 3.63) is 47.6 Å². The number of carbonyl (C=O) groups is 4. The second-order valence-electron chi connectivity index (χ2n) is 29.4. The molecule has 4 aliphatic heterocycles. The fourth-order valence-electron chi connectivity index (χ4n) is 13.3. The Morgan fingerprint density at radius 3 is 1.04 bits per heavy atom. The molecule has 4 aromatic heterocycles. The maximum absolute atomic E-state index is 15.0. The molecule has 21 atom stereocenters. The number of Topliss-reactive ketones (excluding diaryl/α,β-unsaturated/α-hetero) is 1. The van der Waals surface area contributed by atoms with Crippen molar-refractivity contribution in [3.8, 4) is 0 Å². The van der Waals surface area contributed by atoms with Gasteiger partial charge in [-0.15, -0.1) is 20.4 Å². The highest BCUT2D eigenvalue weighted by atomic mass is 16.7. The van der Waals surface area contributed by atoms with E-state index in [1.807, 2.05) is 25.7 Å². The molecule has 45 heteroatoms. The molecule has 4 saturated heterocycles. The maximum atomic E-state index is 15.0. The van der Waals surface area contributed by atoms with Crippen LogP contribution in [0.2, 0.25) is 0 Å². The number of rotatable bonds is 50. The quantitative estimate of drug-likeness (QED) is 0.0183. The minimum Gasteiger partial charge on any atom is -0.394 e. The molecular weight excluding hydrogens is 1510 g/mol. The van der Waals surface area contributed by atoms with E-state index < -0.39 is 178 Å². The highest BCUT2D eigenvalue weighted by molar-refractivity contribution is 5.88. The summed E-state index contributed by atoms with van der Waals surface area (Å²) in [6.45, 7) is 12.2. The first-order valence-electron chi connectivity index (χ1n) is 38.2. The first-order valence-corrected chi connectivity index (χ1v) is 38.2. The predicted octanol–water partition coefficient (Wildman–Crippen LogP) is -8.05. The van der Waals surface area contributed by atoms with Crippen molar-refractivity contribution in [1.82, 2.24) is 85.7 Å². The van der Waals surface area contributed by atoms with E-state index in [-0.39, 0.29) is 118 Å². The van der Waals surface area contributed by atoms with E-state index in [1.165, 1.54) is 20.8 Å². The zero-order valence-electron chi connectivity index (χ0n) is 65.4. The molecule has 114 heavy (non-hydrogen) atoms. The lowest BCUT2D eigenvalue weighted by Gasteiger charge is -2.42. The molecule has 15 N–H and O–H groups in total. The fourth-order valence-corrected chi connectivity index (χ4v) is 13.3. The number of hydrogen-bond acceptors (Lipinski definition) is 38. The molecule has 646 valence electrons. The molecule has 8 rings (SSSR count). The summed E-state index contributed by atoms with van der Waals surface area (Å²) in [4.78, 5) is 54.9. The number of ether oxygens (including phenoxy) is 12. The minimum atomic E-state index is -1.48. The summed E-state index contributed by atoms with van der Waals surface area (Å²) in [6, 6.07) is -4.05. The average Bonchev–Trinajstić information content (AvgIpc) is 1.07. The number of aromatic nitrogens is 12. The molecule has 0 radical (unpaired) electrons. The molecular formula is C69H117N17O28. The van der Waals surface area contributed by atoms with Gasteiger partial charge in [0.15, 0.2) is 30.9 Å². The SMILES string of the molecule is CC(=O)N[C@H]1[C@H](OCCOCCn2cc(CN(CCCC[C@@H](C(=O)C(C)(C)C)N(Cc3cn(CCOCCO[C@@H]4O[C@H](CO)[C@H](O)[C@H](O)[C@H]4C)nn3)Cc3cn(CCOCCO[C@@H]4O[C@H](CO)[C@H](O)[C@H](O)[C@H]4NC(C)=O)nn3)Cc3cn(CCOCCO[C@@H]4O[C@H](CO)[C@H](O)[C@H](O)[C@H]4NC(C)=O)nn3)nn2)O[C@H](CO)[C@H](O)[C@@H]1O. The number of nitrogens with zero attached hydrogens (tertiary/aromatic N) is 14. The van der Waals surface area contributed by atoms with Gasteiger partial charge in [0, 0.05) is 83.1 Å². The van der Waals surface area contributed by atoms with Crippen LogP contribution in [0.1, 0.15) is 90.5 Å². The molecule has 45 nitrogen and oxygen atoms in total. The van der Waals surface area contributed by atoms with Gasteiger partial charge in [0.1, 0.15) is 85.3 Å². The summed E-state index contributed by atoms with van der Waals surface area (Å²) in [5.41, 5.74) is 1.45. The summed E-state index contributed by atoms with van der Waals surface area (Å²) < 4.78 is 75.6. The van der Waals surface area contributed by atoms with Gasteiger partial charge in [-0.1, -0.05) is 55.0 Å². The molecule has 0 saturated carbocycles. The Morgan fingerprint density at radius 2 is 0.728 bits per heavy atom. The molecule has 3 amide bonds. The Hall–Kier alpha value is -6.40. The second-order valence-corrected chi connectivity index (χ2v) is 29.4. The van der Waals surface area contributed by atoms with Gasteiger partial charge in [0.2, 0.25) is 17.7 Å². The Kier molecular flexibility index (Phi) is 38.1. The lowest BCUT2D eigenvalue weighted by atomic mass is 9.84. The third-order valence-electron chi connectivity index (χ3n) is 19.4. The molecule has 0 bridgehead atoms. The third-order valence-corrected chi connectivity index (χ3v) is 19.4. The van der Waals surface area contributed by atoms with Crippen molar-refractivity contribution in [3.63, 3.8) is 0 Å². The van der Waals surface area contributed by atoms with Gasteiger partial charge in [-0.25, -0.2) is 18.7 Å². The van der Waals surface area contributed by atoms with Crippen LogP contribution in [0.3, 0.4) is 0 Å². The molecule has 0 aromatic carbocycles. The van der Waals surface area contributed by atoms with Crippen LogP contribution in [0, 0.1) is 11.3 Å². The predicted molar refractivity (Wildman–Crippen MR) is 386 cm³/mol. The maximum Gasteiger partial charge on any atom is 0.217 e. The van der Waals surface area contributed by atoms with Crippen molar-refractivity contribution in [2.24, 2.45) is 11.3 Å². The van der Waals surface area contributed by atoms with Gasteiger partial charge in [-0.3, -0.25) is 29.0 Å². The number of aliphatic hydroxyl groups excluding tert-OH is 12. The molecule has 0 aliphatic carbocycles. The zero-order chi connectivity index (χ0) is 82.6. The zero-order valence-corrected chi connectivity index (χ0v) is 65.4. The van der Waals surface area contributed by atoms with Gasteiger partial charge in [-0.05, 0) is 19.4 Å². The van der Waals surface area contributed by atoms with Gasteiger partial charge < -0.3 is 134 Å². The van der Waals surface area contributed by atoms with Crippen molar-refractivity contribution in [2.75, 3.05) is 112 Å². The third kappa shape index (κ3) is 28.1. The number of carbonyl (C=O) groups excluding carboxylic acids is 4. The summed E-state index contributed by atoms with van der Waals surface area (Å²) in [7, 11) is 0. The Labute approximate surface area is 658 Å². The standard InChI is InChI=1S/C69H117N17O28/c1-40-56(94)57(95)49(36-87)111-65(40)107-24-20-103-18-14-85-34-46(75-79-85)30-82(31-47-35-86(80-76-47)15-19-106-23-27-110-68-55(72-43(4)93)63(101)60(98)52(39-90)114-68)48(64(102)69(5,6)7)10-8-9-11-81(28-44-32-83(77-73-44)12-16-104-21-25-108-66-53(70-41(2)91)61(99)58(96)50(37-88)112-66)29-45-33-84(78-74-45)13-17-105-22-26-109-67-54(71-42(3)92)62(100)59(97)51(38-89)113-67/h32-35,40,48-63,65-68,87-90,94-101H,8-31,36-39H2,1-7H3,(H,70,91)(H,71,92)(H,72,93)/t40-,48+,49-,50-,51-,52-,53-,54-,55-,56-,57+,58+,59+,60+,61-,62-,63-,65-,66-,67-,68-/m1/s1. The Balaban J connectivity index is 0.918. The van der Waals surface area contributed by atoms with E-state index >= 15 is 0 Å². The topological polar surface area (TPSA) is 587 Å². The van der Waals surface area contributed by atoms with Gasteiger partial charge in [0.05, 0.1) is 167 Å². The first kappa shape index (κ1) is 93.1. The molecule has 0 unspecified atom stereocenters. The highest BCUT2D eigenvalue weighted by Gasteiger charge is 2.49. The van der Waals surface area contributed by atoms with Crippen LogP contribution in [0.4, 0.5) is 0 Å². The van der Waals surface area contributed by atoms with E-state index in [4.69, 9.17) is 56.8 Å². The van der Waals surface area contributed by atoms with Gasteiger partial charge in [0.25, 0.3) is 0 Å². The molecule has 4 aliphatic rings. The molecule has 8 heterocycles. The smallest absolute Gasteiger partial charge is 0.217 e. The van der Waals surface area contributed by atoms with Crippen molar-refractivity contribution >= 4 is 23.5 Å². The van der Waals surface area contributed by atoms with Crippen molar-refractivity contribution < 1.29 is 137 Å². The number of unbranched alkanes of at least 4 members (excludes halogenated alkanes) is 1. The van der Waals surface area contributed by atoms with E-state index in [1.54, 1.807) is 50.4 Å². The summed E-state index contributed by atoms with van der Waals surface area (Å²) in [6.07, 6.45) is -11.6. The van der Waals surface area contributed by atoms with Crippen LogP contribution in [0.25, 0.3) is 0 Å². The van der Waals surface area contributed by atoms with Crippen LogP contribution in [-0.4, -0.2) is 389 Å². The lowest BCUT2D eigenvalue weighted by Crippen LogP contribution is -2.64. The van der Waals surface area contributed by atoms with Gasteiger partial charge >= 0.3 is 0 Å². The number of ketones is 1. The van der Waals surface area contributed by atoms with E-state index in [0.29, 0.717) is 68.2 Å². The molecule has 4 fully saturated rings. The molecule has 4 aromatic rings. The number of aliphatic hydroxyl groups is 12. The van der Waals surface area contributed by atoms with E-state index in [9.17, 15) is 80.5 Å². The minimum absolute atomic E-state index is 0.0337. The number of hydrogen-bond donors (Lipinski definition) is 15. The fraction of sp³-hybridized carbons (Fsp3) is 0.826. The van der Waals surface area contributed by atoms with Crippen molar-refractivity contribution in [2.45, 2.75) is 243 Å². The van der Waals surface area contributed by atoms with Crippen LogP contribution >= 0.6 is 0 Å². The summed E-state index contributed by atoms with van der Waals surface area (Å²) in [5.74, 6) is -2.10. The van der Waals surface area contributed by atoms with Crippen LogP contribution in [0.15, 0.2) is 24.8 Å². The highest BCUT2D eigenvalue weighted by Crippen LogP contribution is 2.30. The normalized spacial score (nSPS) is 28.5.